The third-order valence-electron chi connectivity index (χ3n) is 2.47. The number of aromatic nitrogens is 1. The standard InChI is InChI=1S/C12H14ClNO2S/c1-12(2,3)14-11(15)7-5-9(16-4)8(13)6-10(7)17-14/h5-6H,1-4H3. The summed E-state index contributed by atoms with van der Waals surface area (Å²) in [5, 5.41) is 1.19. The first-order chi connectivity index (χ1) is 7.84. The number of hydrogen-bond acceptors (Lipinski definition) is 3. The number of rotatable bonds is 1. The molecule has 0 saturated heterocycles. The van der Waals surface area contributed by atoms with Gasteiger partial charge in [0.1, 0.15) is 5.75 Å². The lowest BCUT2D eigenvalue weighted by atomic mass is 10.1. The molecule has 2 rings (SSSR count). The molecule has 0 aliphatic rings. The molecule has 5 heteroatoms. The van der Waals surface area contributed by atoms with Gasteiger partial charge >= 0.3 is 0 Å². The van der Waals surface area contributed by atoms with Gasteiger partial charge in [0.2, 0.25) is 0 Å². The van der Waals surface area contributed by atoms with Gasteiger partial charge in [0.25, 0.3) is 5.56 Å². The Morgan fingerprint density at radius 3 is 2.53 bits per heavy atom. The Labute approximate surface area is 109 Å². The van der Waals surface area contributed by atoms with Crippen LogP contribution >= 0.6 is 23.1 Å². The van der Waals surface area contributed by atoms with Crippen LogP contribution < -0.4 is 10.3 Å². The smallest absolute Gasteiger partial charge is 0.269 e. The van der Waals surface area contributed by atoms with Crippen molar-refractivity contribution in [1.29, 1.82) is 0 Å². The molecule has 1 heterocycles. The van der Waals surface area contributed by atoms with Gasteiger partial charge in [-0.05, 0) is 32.9 Å². The fourth-order valence-electron chi connectivity index (χ4n) is 1.62. The molecule has 0 aliphatic carbocycles. The Bertz CT molecular complexity index is 622. The van der Waals surface area contributed by atoms with Gasteiger partial charge in [-0.3, -0.25) is 8.75 Å². The molecule has 17 heavy (non-hydrogen) atoms. The van der Waals surface area contributed by atoms with Crippen LogP contribution in [0.5, 0.6) is 5.75 Å². The maximum atomic E-state index is 12.2. The zero-order valence-electron chi connectivity index (χ0n) is 10.2. The van der Waals surface area contributed by atoms with Crippen LogP contribution in [0.4, 0.5) is 0 Å². The average Bonchev–Trinajstić information content (AvgIpc) is 2.54. The van der Waals surface area contributed by atoms with E-state index >= 15 is 0 Å². The summed E-state index contributed by atoms with van der Waals surface area (Å²) in [6.07, 6.45) is 0. The monoisotopic (exact) mass is 271 g/mol. The highest BCUT2D eigenvalue weighted by molar-refractivity contribution is 7.14. The van der Waals surface area contributed by atoms with E-state index in [0.29, 0.717) is 16.2 Å². The molecule has 0 fully saturated rings. The lowest BCUT2D eigenvalue weighted by molar-refractivity contribution is 0.414. The Kier molecular flexibility index (Phi) is 2.96. The van der Waals surface area contributed by atoms with E-state index < -0.39 is 0 Å². The van der Waals surface area contributed by atoms with Gasteiger partial charge in [-0.25, -0.2) is 0 Å². The molecule has 0 radical (unpaired) electrons. The van der Waals surface area contributed by atoms with Crippen LogP contribution in [0.3, 0.4) is 0 Å². The van der Waals surface area contributed by atoms with E-state index in [4.69, 9.17) is 16.3 Å². The average molecular weight is 272 g/mol. The van der Waals surface area contributed by atoms with Crippen LogP contribution in [-0.2, 0) is 5.54 Å². The molecule has 0 N–H and O–H groups in total. The summed E-state index contributed by atoms with van der Waals surface area (Å²) in [7, 11) is 1.54. The Morgan fingerprint density at radius 1 is 1.35 bits per heavy atom. The van der Waals surface area contributed by atoms with Gasteiger partial charge < -0.3 is 4.74 Å². The van der Waals surface area contributed by atoms with Gasteiger partial charge in [-0.15, -0.1) is 0 Å². The Hall–Kier alpha value is -1.00. The van der Waals surface area contributed by atoms with E-state index in [2.05, 4.69) is 0 Å². The predicted molar refractivity (Wildman–Crippen MR) is 72.6 cm³/mol. The zero-order valence-corrected chi connectivity index (χ0v) is 11.8. The Morgan fingerprint density at radius 2 is 2.00 bits per heavy atom. The molecular weight excluding hydrogens is 258 g/mol. The first-order valence-electron chi connectivity index (χ1n) is 5.24. The maximum Gasteiger partial charge on any atom is 0.269 e. The number of nitrogens with zero attached hydrogens (tertiary/aromatic N) is 1. The third-order valence-corrected chi connectivity index (χ3v) is 4.19. The highest BCUT2D eigenvalue weighted by Crippen LogP contribution is 2.32. The Balaban J connectivity index is 2.80. The minimum absolute atomic E-state index is 0.00691. The number of ether oxygens (including phenoxy) is 1. The van der Waals surface area contributed by atoms with Crippen molar-refractivity contribution in [1.82, 2.24) is 3.96 Å². The van der Waals surface area contributed by atoms with E-state index in [1.54, 1.807) is 23.2 Å². The maximum absolute atomic E-state index is 12.2. The van der Waals surface area contributed by atoms with Crippen LogP contribution in [-0.4, -0.2) is 11.1 Å². The molecular formula is C12H14ClNO2S. The topological polar surface area (TPSA) is 31.2 Å². The summed E-state index contributed by atoms with van der Waals surface area (Å²) in [6.45, 7) is 6.01. The summed E-state index contributed by atoms with van der Waals surface area (Å²) in [4.78, 5) is 12.2. The molecule has 1 aromatic heterocycles. The van der Waals surface area contributed by atoms with Crippen molar-refractivity contribution in [3.8, 4) is 5.75 Å². The molecule has 1 aromatic carbocycles. The van der Waals surface area contributed by atoms with Crippen molar-refractivity contribution in [3.63, 3.8) is 0 Å². The fourth-order valence-corrected chi connectivity index (χ4v) is 3.00. The quantitative estimate of drug-likeness (QED) is 0.795. The van der Waals surface area contributed by atoms with Crippen LogP contribution in [0.1, 0.15) is 20.8 Å². The van der Waals surface area contributed by atoms with Crippen LogP contribution in [0, 0.1) is 0 Å². The van der Waals surface area contributed by atoms with Crippen molar-refractivity contribution in [3.05, 3.63) is 27.5 Å². The molecule has 0 atom stereocenters. The first kappa shape index (κ1) is 12.5. The van der Waals surface area contributed by atoms with Crippen LogP contribution in [0.25, 0.3) is 10.1 Å². The van der Waals surface area contributed by atoms with E-state index in [1.165, 1.54) is 11.5 Å². The van der Waals surface area contributed by atoms with E-state index in [-0.39, 0.29) is 11.1 Å². The minimum atomic E-state index is -0.222. The van der Waals surface area contributed by atoms with Gasteiger partial charge in [0.05, 0.1) is 27.8 Å². The number of halogens is 1. The number of methoxy groups -OCH3 is 1. The third kappa shape index (κ3) is 2.07. The van der Waals surface area contributed by atoms with Gasteiger partial charge in [-0.1, -0.05) is 23.1 Å². The zero-order chi connectivity index (χ0) is 12.8. The molecule has 0 aliphatic heterocycles. The molecule has 0 spiro atoms. The summed E-state index contributed by atoms with van der Waals surface area (Å²) >= 11 is 7.48. The van der Waals surface area contributed by atoms with Gasteiger partial charge in [0.15, 0.2) is 0 Å². The van der Waals surface area contributed by atoms with Crippen molar-refractivity contribution < 1.29 is 4.74 Å². The highest BCUT2D eigenvalue weighted by atomic mass is 35.5. The van der Waals surface area contributed by atoms with Crippen molar-refractivity contribution in [2.45, 2.75) is 26.3 Å². The lowest BCUT2D eigenvalue weighted by Gasteiger charge is -2.17. The van der Waals surface area contributed by atoms with Gasteiger partial charge in [0, 0.05) is 0 Å². The van der Waals surface area contributed by atoms with Crippen molar-refractivity contribution >= 4 is 33.2 Å². The summed E-state index contributed by atoms with van der Waals surface area (Å²) in [5.41, 5.74) is -0.215. The van der Waals surface area contributed by atoms with E-state index in [9.17, 15) is 4.79 Å². The fraction of sp³-hybridized carbons (Fsp3) is 0.417. The number of fused-ring (bicyclic) bond motifs is 1. The lowest BCUT2D eigenvalue weighted by Crippen LogP contribution is -2.29. The van der Waals surface area contributed by atoms with Crippen molar-refractivity contribution in [2.24, 2.45) is 0 Å². The largest absolute Gasteiger partial charge is 0.495 e. The summed E-state index contributed by atoms with van der Waals surface area (Å²) < 4.78 is 7.77. The van der Waals surface area contributed by atoms with E-state index in [0.717, 1.165) is 4.70 Å². The van der Waals surface area contributed by atoms with Crippen LogP contribution in [0.15, 0.2) is 16.9 Å². The van der Waals surface area contributed by atoms with Crippen molar-refractivity contribution in [2.75, 3.05) is 7.11 Å². The molecule has 92 valence electrons. The normalized spacial score (nSPS) is 12.1. The summed E-state index contributed by atoms with van der Waals surface area (Å²) in [6, 6.07) is 3.49. The molecule has 0 unspecified atom stereocenters. The highest BCUT2D eigenvalue weighted by Gasteiger charge is 2.20. The van der Waals surface area contributed by atoms with Crippen LogP contribution in [0.2, 0.25) is 5.02 Å². The molecule has 3 nitrogen and oxygen atoms in total. The van der Waals surface area contributed by atoms with Gasteiger partial charge in [-0.2, -0.15) is 0 Å². The van der Waals surface area contributed by atoms with E-state index in [1.807, 2.05) is 20.8 Å². The minimum Gasteiger partial charge on any atom is -0.495 e. The second-order valence-corrected chi connectivity index (χ2v) is 6.24. The predicted octanol–water partition coefficient (Wildman–Crippen LogP) is 3.48. The molecule has 2 aromatic rings. The summed E-state index contributed by atoms with van der Waals surface area (Å²) in [5.74, 6) is 0.537. The number of hydrogen-bond donors (Lipinski definition) is 0. The second kappa shape index (κ2) is 4.03. The second-order valence-electron chi connectivity index (χ2n) is 4.84. The first-order valence-corrected chi connectivity index (χ1v) is 6.40. The SMILES string of the molecule is COc1cc2c(=O)n(C(C)(C)C)sc2cc1Cl. The molecule has 0 amide bonds. The molecule has 0 bridgehead atoms. The number of benzene rings is 1. The molecule has 0 saturated carbocycles.